The molecule has 1 aromatic carbocycles. The fourth-order valence-electron chi connectivity index (χ4n) is 1.61. The highest BCUT2D eigenvalue weighted by Gasteiger charge is 2.21. The van der Waals surface area contributed by atoms with Gasteiger partial charge >= 0.3 is 0 Å². The van der Waals surface area contributed by atoms with E-state index in [4.69, 9.17) is 15.1 Å². The number of nitrogens with two attached hydrogens (primary N) is 1. The van der Waals surface area contributed by atoms with Gasteiger partial charge in [-0.3, -0.25) is 5.41 Å². The summed E-state index contributed by atoms with van der Waals surface area (Å²) in [6, 6.07) is 7.73. The average molecular weight is 292 g/mol. The maximum atomic E-state index is 6.18. The number of hydrogen-bond acceptors (Lipinski definition) is 5. The van der Waals surface area contributed by atoms with Crippen LogP contribution >= 0.6 is 11.8 Å². The van der Waals surface area contributed by atoms with E-state index in [9.17, 15) is 0 Å². The standard InChI is InChI=1S/C14H17N3O2S/c1-10(2)19-16-9-11-5-3-4-6-12(11)13(15)14-17-18-7-8-20-14/h3-6,9-10,15H,7-8H2,1-2H3/p+1/b15-13?,16-9+. The predicted octanol–water partition coefficient (Wildman–Crippen LogP) is 1.07. The molecule has 20 heavy (non-hydrogen) atoms. The zero-order valence-corrected chi connectivity index (χ0v) is 12.4. The Labute approximate surface area is 122 Å². The van der Waals surface area contributed by atoms with E-state index in [0.29, 0.717) is 17.4 Å². The molecule has 5 nitrogen and oxygen atoms in total. The largest absolute Gasteiger partial charge is 0.394 e. The third-order valence-electron chi connectivity index (χ3n) is 2.51. The Kier molecular flexibility index (Phi) is 5.17. The second kappa shape index (κ2) is 7.09. The van der Waals surface area contributed by atoms with Crippen LogP contribution in [0.5, 0.6) is 0 Å². The molecule has 2 N–H and O–H groups in total. The Bertz CT molecular complexity index is 541. The van der Waals surface area contributed by atoms with Crippen LogP contribution in [0.2, 0.25) is 0 Å². The third-order valence-corrected chi connectivity index (χ3v) is 3.44. The smallest absolute Gasteiger partial charge is 0.240 e. The first-order chi connectivity index (χ1) is 9.68. The minimum atomic E-state index is 0.0476. The van der Waals surface area contributed by atoms with E-state index in [1.165, 1.54) is 0 Å². The number of oxime groups is 2. The zero-order valence-electron chi connectivity index (χ0n) is 11.6. The highest BCUT2D eigenvalue weighted by atomic mass is 32.2. The van der Waals surface area contributed by atoms with E-state index in [-0.39, 0.29) is 6.10 Å². The molecule has 0 saturated heterocycles. The van der Waals surface area contributed by atoms with E-state index in [0.717, 1.165) is 16.9 Å². The number of rotatable bonds is 5. The van der Waals surface area contributed by atoms with Gasteiger partial charge < -0.3 is 9.68 Å². The molecule has 0 radical (unpaired) electrons. The topological polar surface area (TPSA) is 68.8 Å². The van der Waals surface area contributed by atoms with Gasteiger partial charge in [-0.2, -0.15) is 0 Å². The van der Waals surface area contributed by atoms with Crippen molar-refractivity contribution in [2.24, 2.45) is 10.3 Å². The summed E-state index contributed by atoms with van der Waals surface area (Å²) in [7, 11) is 0. The quantitative estimate of drug-likeness (QED) is 0.652. The summed E-state index contributed by atoms with van der Waals surface area (Å²) in [5.74, 6) is 0.853. The first-order valence-electron chi connectivity index (χ1n) is 6.42. The molecule has 6 heteroatoms. The van der Waals surface area contributed by atoms with Gasteiger partial charge in [0.1, 0.15) is 12.7 Å². The molecular formula is C14H18N3O2S+. The molecule has 1 aliphatic heterocycles. The second-order valence-corrected chi connectivity index (χ2v) is 5.55. The maximum absolute atomic E-state index is 6.18. The van der Waals surface area contributed by atoms with Gasteiger partial charge in [0.25, 0.3) is 0 Å². The SMILES string of the molecule is CC(C)O/N=C/c1ccccc1C(=[NH2+])C1=NOCCS1. The molecule has 106 valence electrons. The lowest BCUT2D eigenvalue weighted by atomic mass is 10.0. The van der Waals surface area contributed by atoms with Crippen molar-refractivity contribution in [1.82, 2.24) is 0 Å². The summed E-state index contributed by atoms with van der Waals surface area (Å²) in [6.45, 7) is 4.47. The summed E-state index contributed by atoms with van der Waals surface area (Å²) in [5, 5.41) is 14.8. The molecule has 0 aromatic heterocycles. The van der Waals surface area contributed by atoms with Gasteiger partial charge in [0.2, 0.25) is 10.8 Å². The van der Waals surface area contributed by atoms with Crippen LogP contribution in [-0.2, 0) is 9.68 Å². The van der Waals surface area contributed by atoms with Crippen molar-refractivity contribution in [2.45, 2.75) is 20.0 Å². The molecule has 0 spiro atoms. The van der Waals surface area contributed by atoms with Crippen LogP contribution in [0.1, 0.15) is 25.0 Å². The minimum absolute atomic E-state index is 0.0476. The van der Waals surface area contributed by atoms with E-state index in [1.54, 1.807) is 18.0 Å². The van der Waals surface area contributed by atoms with Crippen LogP contribution in [0, 0.1) is 0 Å². The molecule has 1 aromatic rings. The van der Waals surface area contributed by atoms with Crippen LogP contribution < -0.4 is 5.41 Å². The van der Waals surface area contributed by atoms with Gasteiger partial charge in [-0.1, -0.05) is 40.3 Å². The lowest BCUT2D eigenvalue weighted by Crippen LogP contribution is -2.45. The number of benzene rings is 1. The molecule has 0 fully saturated rings. The van der Waals surface area contributed by atoms with Crippen molar-refractivity contribution >= 4 is 28.7 Å². The van der Waals surface area contributed by atoms with Gasteiger partial charge in [0.15, 0.2) is 0 Å². The third kappa shape index (κ3) is 3.84. The van der Waals surface area contributed by atoms with E-state index < -0.39 is 0 Å². The Morgan fingerprint density at radius 3 is 3.00 bits per heavy atom. The van der Waals surface area contributed by atoms with Crippen LogP contribution in [-0.4, -0.2) is 35.4 Å². The average Bonchev–Trinajstić information content (AvgIpc) is 2.47. The molecule has 1 heterocycles. The number of hydrogen-bond donors (Lipinski definition) is 1. The molecule has 1 aliphatic rings. The molecule has 0 aliphatic carbocycles. The molecule has 2 rings (SSSR count). The van der Waals surface area contributed by atoms with Crippen molar-refractivity contribution < 1.29 is 15.1 Å². The van der Waals surface area contributed by atoms with E-state index in [2.05, 4.69) is 10.3 Å². The highest BCUT2D eigenvalue weighted by molar-refractivity contribution is 8.15. The Morgan fingerprint density at radius 1 is 1.50 bits per heavy atom. The summed E-state index contributed by atoms with van der Waals surface area (Å²) >= 11 is 1.59. The minimum Gasteiger partial charge on any atom is -0.394 e. The van der Waals surface area contributed by atoms with Crippen LogP contribution in [0.25, 0.3) is 0 Å². The molecule has 0 amide bonds. The Balaban J connectivity index is 2.21. The van der Waals surface area contributed by atoms with Crippen LogP contribution in [0.4, 0.5) is 0 Å². The van der Waals surface area contributed by atoms with Crippen molar-refractivity contribution in [3.05, 3.63) is 35.4 Å². The van der Waals surface area contributed by atoms with Crippen molar-refractivity contribution in [2.75, 3.05) is 12.4 Å². The first kappa shape index (κ1) is 14.6. The monoisotopic (exact) mass is 292 g/mol. The number of thioether (sulfide) groups is 1. The lowest BCUT2D eigenvalue weighted by Gasteiger charge is -2.10. The summed E-state index contributed by atoms with van der Waals surface area (Å²) in [4.78, 5) is 10.3. The summed E-state index contributed by atoms with van der Waals surface area (Å²) < 4.78 is 0. The first-order valence-corrected chi connectivity index (χ1v) is 7.41. The fraction of sp³-hybridized carbons (Fsp3) is 0.357. The van der Waals surface area contributed by atoms with Gasteiger partial charge in [-0.25, -0.2) is 0 Å². The van der Waals surface area contributed by atoms with E-state index >= 15 is 0 Å². The van der Waals surface area contributed by atoms with Gasteiger partial charge in [0.05, 0.1) is 11.8 Å². The predicted molar refractivity (Wildman–Crippen MR) is 82.1 cm³/mol. The number of nitrogens with zero attached hydrogens (tertiary/aromatic N) is 2. The maximum Gasteiger partial charge on any atom is 0.240 e. The van der Waals surface area contributed by atoms with Crippen LogP contribution in [0.3, 0.4) is 0 Å². The molecule has 0 unspecified atom stereocenters. The highest BCUT2D eigenvalue weighted by Crippen LogP contribution is 2.16. The zero-order chi connectivity index (χ0) is 14.4. The molecule has 0 saturated carbocycles. The van der Waals surface area contributed by atoms with Gasteiger partial charge in [-0.05, 0) is 19.9 Å². The molecule has 0 atom stereocenters. The van der Waals surface area contributed by atoms with Crippen molar-refractivity contribution in [3.63, 3.8) is 0 Å². The van der Waals surface area contributed by atoms with Crippen molar-refractivity contribution in [1.29, 1.82) is 0 Å². The fourth-order valence-corrected chi connectivity index (χ4v) is 2.33. The normalized spacial score (nSPS) is 15.1. The lowest BCUT2D eigenvalue weighted by molar-refractivity contribution is -0.109. The second-order valence-electron chi connectivity index (χ2n) is 4.47. The van der Waals surface area contributed by atoms with Crippen molar-refractivity contribution in [3.8, 4) is 0 Å². The summed E-state index contributed by atoms with van der Waals surface area (Å²) in [5.41, 5.74) is 2.36. The summed E-state index contributed by atoms with van der Waals surface area (Å²) in [6.07, 6.45) is 1.71. The molecule has 0 bridgehead atoms. The Morgan fingerprint density at radius 2 is 2.30 bits per heavy atom. The molecular weight excluding hydrogens is 274 g/mol. The Hall–Kier alpha value is -1.82. The van der Waals surface area contributed by atoms with E-state index in [1.807, 2.05) is 38.1 Å². The van der Waals surface area contributed by atoms with Gasteiger partial charge in [-0.15, -0.1) is 0 Å². The van der Waals surface area contributed by atoms with Crippen LogP contribution in [0.15, 0.2) is 34.6 Å². The van der Waals surface area contributed by atoms with Gasteiger partial charge in [0, 0.05) is 11.3 Å².